The molecule has 0 amide bonds. The summed E-state index contributed by atoms with van der Waals surface area (Å²) in [4.78, 5) is 15.5. The third kappa shape index (κ3) is 1.32. The lowest BCUT2D eigenvalue weighted by molar-refractivity contribution is 0.426. The average molecular weight is 196 g/mol. The lowest BCUT2D eigenvalue weighted by Crippen LogP contribution is -2.31. The number of aromatic nitrogens is 2. The van der Waals surface area contributed by atoms with Gasteiger partial charge in [0, 0.05) is 5.46 Å². The summed E-state index contributed by atoms with van der Waals surface area (Å²) < 4.78 is 12.9. The van der Waals surface area contributed by atoms with Gasteiger partial charge in [-0.2, -0.15) is 0 Å². The first-order valence-electron chi connectivity index (χ1n) is 3.85. The molecule has 0 bridgehead atoms. The second-order valence-corrected chi connectivity index (χ2v) is 2.87. The van der Waals surface area contributed by atoms with Crippen LogP contribution in [-0.4, -0.2) is 27.1 Å². The monoisotopic (exact) mass is 196 g/mol. The number of hydrogen-bond acceptors (Lipinski definition) is 3. The Morgan fingerprint density at radius 1 is 1.29 bits per heavy atom. The van der Waals surface area contributed by atoms with Crippen molar-refractivity contribution >= 4 is 23.6 Å². The van der Waals surface area contributed by atoms with Crippen molar-refractivity contribution in [1.82, 2.24) is 9.97 Å². The fourth-order valence-corrected chi connectivity index (χ4v) is 1.34. The number of H-pyrrole nitrogens is 2. The molecule has 72 valence electrons. The molecule has 4 N–H and O–H groups in total. The van der Waals surface area contributed by atoms with Gasteiger partial charge >= 0.3 is 12.8 Å². The molecule has 0 fully saturated rings. The number of rotatable bonds is 1. The van der Waals surface area contributed by atoms with Gasteiger partial charge in [-0.05, 0) is 12.1 Å². The van der Waals surface area contributed by atoms with Gasteiger partial charge in [0.05, 0.1) is 11.0 Å². The summed E-state index contributed by atoms with van der Waals surface area (Å²) in [5, 5.41) is 17.8. The van der Waals surface area contributed by atoms with Gasteiger partial charge in [-0.25, -0.2) is 9.18 Å². The van der Waals surface area contributed by atoms with E-state index >= 15 is 0 Å². The SMILES string of the molecule is O=c1[nH]c2cc(F)cc(B(O)O)c2[nH]1. The molecule has 1 heterocycles. The van der Waals surface area contributed by atoms with Gasteiger partial charge in [-0.3, -0.25) is 0 Å². The van der Waals surface area contributed by atoms with Gasteiger partial charge in [0.25, 0.3) is 0 Å². The molecule has 0 spiro atoms. The summed E-state index contributed by atoms with van der Waals surface area (Å²) in [6.45, 7) is 0. The molecule has 1 aromatic carbocycles. The smallest absolute Gasteiger partial charge is 0.423 e. The van der Waals surface area contributed by atoms with E-state index in [4.69, 9.17) is 10.0 Å². The fraction of sp³-hybridized carbons (Fsp3) is 0. The molecule has 0 aliphatic heterocycles. The molecule has 0 atom stereocenters. The fourth-order valence-electron chi connectivity index (χ4n) is 1.34. The highest BCUT2D eigenvalue weighted by Crippen LogP contribution is 2.07. The van der Waals surface area contributed by atoms with E-state index in [0.717, 1.165) is 12.1 Å². The third-order valence-electron chi connectivity index (χ3n) is 1.90. The Morgan fingerprint density at radius 2 is 2.00 bits per heavy atom. The number of aromatic amines is 2. The lowest BCUT2D eigenvalue weighted by atomic mass is 9.79. The van der Waals surface area contributed by atoms with E-state index in [2.05, 4.69) is 9.97 Å². The predicted molar refractivity (Wildman–Crippen MR) is 48.7 cm³/mol. The molecule has 7 heteroatoms. The molecule has 5 nitrogen and oxygen atoms in total. The van der Waals surface area contributed by atoms with Crippen LogP contribution in [0.4, 0.5) is 4.39 Å². The van der Waals surface area contributed by atoms with Crippen molar-refractivity contribution in [1.29, 1.82) is 0 Å². The van der Waals surface area contributed by atoms with Gasteiger partial charge in [-0.1, -0.05) is 0 Å². The molecular weight excluding hydrogens is 190 g/mol. The van der Waals surface area contributed by atoms with Crippen LogP contribution in [-0.2, 0) is 0 Å². The van der Waals surface area contributed by atoms with E-state index in [1.807, 2.05) is 0 Å². The highest BCUT2D eigenvalue weighted by molar-refractivity contribution is 6.61. The van der Waals surface area contributed by atoms with E-state index in [1.54, 1.807) is 0 Å². The van der Waals surface area contributed by atoms with Crippen LogP contribution in [0.3, 0.4) is 0 Å². The Hall–Kier alpha value is -1.60. The largest absolute Gasteiger partial charge is 0.490 e. The summed E-state index contributed by atoms with van der Waals surface area (Å²) in [7, 11) is -1.82. The predicted octanol–water partition coefficient (Wildman–Crippen LogP) is -1.32. The van der Waals surface area contributed by atoms with E-state index in [1.165, 1.54) is 0 Å². The Labute approximate surface area is 77.4 Å². The second kappa shape index (κ2) is 2.97. The van der Waals surface area contributed by atoms with Crippen LogP contribution in [0.15, 0.2) is 16.9 Å². The first-order chi connectivity index (χ1) is 6.58. The zero-order chi connectivity index (χ0) is 10.3. The minimum Gasteiger partial charge on any atom is -0.423 e. The van der Waals surface area contributed by atoms with E-state index in [0.29, 0.717) is 0 Å². The number of hydrogen-bond donors (Lipinski definition) is 4. The van der Waals surface area contributed by atoms with Crippen molar-refractivity contribution in [3.63, 3.8) is 0 Å². The summed E-state index contributed by atoms with van der Waals surface area (Å²) in [6.07, 6.45) is 0. The minimum absolute atomic E-state index is 0.0710. The van der Waals surface area contributed by atoms with Crippen molar-refractivity contribution in [2.24, 2.45) is 0 Å². The first-order valence-corrected chi connectivity index (χ1v) is 3.85. The maximum Gasteiger partial charge on any atom is 0.490 e. The molecular formula is C7H6BFN2O3. The van der Waals surface area contributed by atoms with Gasteiger partial charge in [0.2, 0.25) is 0 Å². The number of fused-ring (bicyclic) bond motifs is 1. The summed E-state index contributed by atoms with van der Waals surface area (Å²) in [5.74, 6) is -0.643. The quantitative estimate of drug-likeness (QED) is 0.426. The molecule has 2 rings (SSSR count). The Bertz CT molecular complexity index is 533. The van der Waals surface area contributed by atoms with Gasteiger partial charge < -0.3 is 20.0 Å². The normalized spacial score (nSPS) is 10.8. The van der Waals surface area contributed by atoms with Crippen LogP contribution >= 0.6 is 0 Å². The lowest BCUT2D eigenvalue weighted by Gasteiger charge is -2.00. The van der Waals surface area contributed by atoms with Crippen molar-refractivity contribution in [3.8, 4) is 0 Å². The van der Waals surface area contributed by atoms with Gasteiger partial charge in [-0.15, -0.1) is 0 Å². The Balaban J connectivity index is 2.85. The summed E-state index contributed by atoms with van der Waals surface area (Å²) >= 11 is 0. The van der Waals surface area contributed by atoms with Crippen LogP contribution in [0.25, 0.3) is 11.0 Å². The van der Waals surface area contributed by atoms with E-state index in [-0.39, 0.29) is 16.5 Å². The highest BCUT2D eigenvalue weighted by Gasteiger charge is 2.17. The Kier molecular flexibility index (Phi) is 1.90. The summed E-state index contributed by atoms with van der Waals surface area (Å²) in [5.41, 5.74) is -0.185. The maximum atomic E-state index is 12.9. The van der Waals surface area contributed by atoms with E-state index in [9.17, 15) is 9.18 Å². The molecule has 0 unspecified atom stereocenters. The summed E-state index contributed by atoms with van der Waals surface area (Å²) in [6, 6.07) is 2.05. The van der Waals surface area contributed by atoms with Crippen molar-refractivity contribution in [2.75, 3.05) is 0 Å². The number of nitrogens with one attached hydrogen (secondary N) is 2. The van der Waals surface area contributed by atoms with Crippen LogP contribution < -0.4 is 11.2 Å². The third-order valence-corrected chi connectivity index (χ3v) is 1.90. The molecule has 14 heavy (non-hydrogen) atoms. The van der Waals surface area contributed by atoms with Crippen LogP contribution in [0.5, 0.6) is 0 Å². The molecule has 0 aliphatic rings. The number of benzene rings is 1. The molecule has 0 radical (unpaired) electrons. The van der Waals surface area contributed by atoms with Crippen molar-refractivity contribution in [3.05, 3.63) is 28.4 Å². The molecule has 1 aromatic heterocycles. The molecule has 0 saturated heterocycles. The zero-order valence-corrected chi connectivity index (χ0v) is 6.91. The minimum atomic E-state index is -1.82. The van der Waals surface area contributed by atoms with Gasteiger partial charge in [0.15, 0.2) is 0 Å². The number of halogens is 1. The highest BCUT2D eigenvalue weighted by atomic mass is 19.1. The van der Waals surface area contributed by atoms with Gasteiger partial charge in [0.1, 0.15) is 5.82 Å². The number of imidazole rings is 1. The van der Waals surface area contributed by atoms with Crippen molar-refractivity contribution in [2.45, 2.75) is 0 Å². The van der Waals surface area contributed by atoms with Crippen LogP contribution in [0.1, 0.15) is 0 Å². The Morgan fingerprint density at radius 3 is 2.64 bits per heavy atom. The molecule has 2 aromatic rings. The standard InChI is InChI=1S/C7H6BFN2O3/c9-3-1-4(8(13)14)6-5(2-3)10-7(12)11-6/h1-2,13-14H,(H2,10,11,12). The van der Waals surface area contributed by atoms with Crippen LogP contribution in [0.2, 0.25) is 0 Å². The van der Waals surface area contributed by atoms with Crippen LogP contribution in [0, 0.1) is 5.82 Å². The van der Waals surface area contributed by atoms with E-state index < -0.39 is 18.6 Å². The van der Waals surface area contributed by atoms with Crippen molar-refractivity contribution < 1.29 is 14.4 Å². The second-order valence-electron chi connectivity index (χ2n) is 2.87. The topological polar surface area (TPSA) is 89.1 Å². The average Bonchev–Trinajstić information content (AvgIpc) is 2.42. The molecule has 0 saturated carbocycles. The molecule has 0 aliphatic carbocycles. The first kappa shape index (κ1) is 8.98. The zero-order valence-electron chi connectivity index (χ0n) is 6.91. The maximum absolute atomic E-state index is 12.9.